The van der Waals surface area contributed by atoms with Gasteiger partial charge in [-0.1, -0.05) is 6.92 Å². The number of fused-ring (bicyclic) bond motifs is 4. The van der Waals surface area contributed by atoms with Gasteiger partial charge in [-0.15, -0.1) is 0 Å². The van der Waals surface area contributed by atoms with Gasteiger partial charge in [-0.05, 0) is 43.0 Å². The van der Waals surface area contributed by atoms with Crippen LogP contribution in [-0.2, 0) is 4.79 Å². The largest absolute Gasteiger partial charge is 0.497 e. The van der Waals surface area contributed by atoms with Crippen molar-refractivity contribution in [1.82, 2.24) is 9.88 Å². The Hall–Kier alpha value is -2.23. The van der Waals surface area contributed by atoms with Crippen molar-refractivity contribution in [2.75, 3.05) is 13.7 Å². The van der Waals surface area contributed by atoms with Gasteiger partial charge in [-0.2, -0.15) is 0 Å². The van der Waals surface area contributed by atoms with Crippen LogP contribution < -0.4 is 15.3 Å². The van der Waals surface area contributed by atoms with E-state index in [1.165, 1.54) is 21.9 Å². The summed E-state index contributed by atoms with van der Waals surface area (Å²) in [5.74, 6) is 1.13. The van der Waals surface area contributed by atoms with Crippen LogP contribution in [0.15, 0.2) is 18.2 Å². The summed E-state index contributed by atoms with van der Waals surface area (Å²) in [6.07, 6.45) is 3.54. The number of aromatic nitrogens is 1. The number of H-pyrrole nitrogens is 1. The fourth-order valence-electron chi connectivity index (χ4n) is 3.71. The summed E-state index contributed by atoms with van der Waals surface area (Å²) in [4.78, 5) is 17.8. The highest BCUT2D eigenvalue weighted by Crippen LogP contribution is 2.26. The SMILES string of the molecule is CCC1=c2c([nH]c3ccc(OC)cc23)=C2CCCC(=O)N2C1. The molecule has 2 aromatic rings. The Labute approximate surface area is 129 Å². The number of carbonyl (C=O) groups is 1. The van der Waals surface area contributed by atoms with Crippen molar-refractivity contribution in [3.05, 3.63) is 28.8 Å². The molecular weight excluding hydrogens is 276 g/mol. The Kier molecular flexibility index (Phi) is 2.99. The zero-order chi connectivity index (χ0) is 15.3. The highest BCUT2D eigenvalue weighted by Gasteiger charge is 2.28. The smallest absolute Gasteiger partial charge is 0.227 e. The second-order valence-electron chi connectivity index (χ2n) is 6.02. The molecule has 1 fully saturated rings. The number of hydrogen-bond donors (Lipinski definition) is 1. The van der Waals surface area contributed by atoms with E-state index in [-0.39, 0.29) is 5.91 Å². The number of methoxy groups -OCH3 is 1. The van der Waals surface area contributed by atoms with Gasteiger partial charge >= 0.3 is 0 Å². The number of piperidine rings is 1. The number of ether oxygens (including phenoxy) is 1. The predicted molar refractivity (Wildman–Crippen MR) is 86.8 cm³/mol. The van der Waals surface area contributed by atoms with Crippen molar-refractivity contribution < 1.29 is 9.53 Å². The van der Waals surface area contributed by atoms with Crippen LogP contribution >= 0.6 is 0 Å². The Morgan fingerprint density at radius 1 is 1.32 bits per heavy atom. The molecule has 0 aliphatic carbocycles. The maximum atomic E-state index is 12.3. The molecule has 0 radical (unpaired) electrons. The first kappa shape index (κ1) is 13.4. The zero-order valence-electron chi connectivity index (χ0n) is 13.0. The fraction of sp³-hybridized carbons (Fsp3) is 0.389. The molecule has 4 heteroatoms. The minimum Gasteiger partial charge on any atom is -0.497 e. The summed E-state index contributed by atoms with van der Waals surface area (Å²) in [5, 5.41) is 3.63. The second-order valence-corrected chi connectivity index (χ2v) is 6.02. The lowest BCUT2D eigenvalue weighted by atomic mass is 9.98. The molecule has 0 unspecified atom stereocenters. The molecule has 2 aliphatic heterocycles. The highest BCUT2D eigenvalue weighted by atomic mass is 16.5. The third kappa shape index (κ3) is 1.79. The quantitative estimate of drug-likeness (QED) is 0.919. The zero-order valence-corrected chi connectivity index (χ0v) is 13.0. The number of aromatic amines is 1. The minimum atomic E-state index is 0.258. The van der Waals surface area contributed by atoms with Gasteiger partial charge in [0.25, 0.3) is 0 Å². The van der Waals surface area contributed by atoms with Crippen molar-refractivity contribution in [3.63, 3.8) is 0 Å². The standard InChI is InChI=1S/C18H20N2O2/c1-3-11-10-20-15(5-4-6-16(20)21)18-17(11)13-9-12(22-2)7-8-14(13)19-18/h7-9,19H,3-6,10H2,1-2H3. The van der Waals surface area contributed by atoms with E-state index < -0.39 is 0 Å². The van der Waals surface area contributed by atoms with Crippen molar-refractivity contribution in [1.29, 1.82) is 0 Å². The number of nitrogens with one attached hydrogen (secondary N) is 1. The van der Waals surface area contributed by atoms with Gasteiger partial charge in [-0.25, -0.2) is 0 Å². The van der Waals surface area contributed by atoms with Crippen LogP contribution in [0.1, 0.15) is 32.6 Å². The van der Waals surface area contributed by atoms with E-state index in [0.29, 0.717) is 6.42 Å². The molecule has 114 valence electrons. The molecule has 1 aromatic carbocycles. The summed E-state index contributed by atoms with van der Waals surface area (Å²) in [7, 11) is 1.70. The normalized spacial score (nSPS) is 17.7. The van der Waals surface area contributed by atoms with Gasteiger partial charge in [0.2, 0.25) is 5.91 Å². The van der Waals surface area contributed by atoms with E-state index >= 15 is 0 Å². The molecule has 4 rings (SSSR count). The fourth-order valence-corrected chi connectivity index (χ4v) is 3.71. The van der Waals surface area contributed by atoms with Crippen LogP contribution in [0.2, 0.25) is 0 Å². The number of hydrogen-bond acceptors (Lipinski definition) is 2. The Balaban J connectivity index is 2.13. The van der Waals surface area contributed by atoms with Crippen molar-refractivity contribution in [3.8, 4) is 5.75 Å². The van der Waals surface area contributed by atoms with Crippen LogP contribution in [0.25, 0.3) is 22.2 Å². The molecule has 22 heavy (non-hydrogen) atoms. The molecule has 0 spiro atoms. The maximum absolute atomic E-state index is 12.3. The van der Waals surface area contributed by atoms with Gasteiger partial charge in [0.05, 0.1) is 12.5 Å². The minimum absolute atomic E-state index is 0.258. The first-order chi connectivity index (χ1) is 10.7. The van der Waals surface area contributed by atoms with Crippen molar-refractivity contribution in [2.24, 2.45) is 0 Å². The topological polar surface area (TPSA) is 45.3 Å². The number of amides is 1. The number of carbonyl (C=O) groups excluding carboxylic acids is 1. The molecule has 1 aromatic heterocycles. The molecule has 0 atom stereocenters. The van der Waals surface area contributed by atoms with Crippen LogP contribution in [-0.4, -0.2) is 29.4 Å². The maximum Gasteiger partial charge on any atom is 0.227 e. The number of benzene rings is 1. The molecule has 1 N–H and O–H groups in total. The Bertz CT molecular complexity index is 892. The van der Waals surface area contributed by atoms with E-state index in [2.05, 4.69) is 24.0 Å². The summed E-state index contributed by atoms with van der Waals surface area (Å²) in [6, 6.07) is 6.14. The number of rotatable bonds is 2. The molecule has 4 nitrogen and oxygen atoms in total. The average Bonchev–Trinajstić information content (AvgIpc) is 2.93. The van der Waals surface area contributed by atoms with Gasteiger partial charge in [0.15, 0.2) is 0 Å². The monoisotopic (exact) mass is 296 g/mol. The molecule has 0 bridgehead atoms. The van der Waals surface area contributed by atoms with Gasteiger partial charge in [0, 0.05) is 34.8 Å². The van der Waals surface area contributed by atoms with Crippen LogP contribution in [0.4, 0.5) is 0 Å². The second kappa shape index (κ2) is 4.90. The van der Waals surface area contributed by atoms with Gasteiger partial charge in [0.1, 0.15) is 5.75 Å². The van der Waals surface area contributed by atoms with Crippen LogP contribution in [0, 0.1) is 0 Å². The summed E-state index contributed by atoms with van der Waals surface area (Å²) < 4.78 is 5.38. The predicted octanol–water partition coefficient (Wildman–Crippen LogP) is 1.87. The Morgan fingerprint density at radius 3 is 2.95 bits per heavy atom. The van der Waals surface area contributed by atoms with Crippen molar-refractivity contribution in [2.45, 2.75) is 32.6 Å². The first-order valence-corrected chi connectivity index (χ1v) is 7.94. The van der Waals surface area contributed by atoms with Crippen LogP contribution in [0.3, 0.4) is 0 Å². The highest BCUT2D eigenvalue weighted by molar-refractivity contribution is 5.91. The van der Waals surface area contributed by atoms with E-state index in [0.717, 1.165) is 42.4 Å². The molecule has 2 aliphatic rings. The molecule has 1 amide bonds. The molecule has 3 heterocycles. The lowest BCUT2D eigenvalue weighted by Gasteiger charge is -2.32. The number of nitrogens with zero attached hydrogens (tertiary/aromatic N) is 1. The van der Waals surface area contributed by atoms with E-state index in [1.807, 2.05) is 11.0 Å². The summed E-state index contributed by atoms with van der Waals surface area (Å²) in [6.45, 7) is 2.90. The van der Waals surface area contributed by atoms with E-state index in [1.54, 1.807) is 7.11 Å². The van der Waals surface area contributed by atoms with Gasteiger partial charge in [-0.3, -0.25) is 4.79 Å². The lowest BCUT2D eigenvalue weighted by molar-refractivity contribution is -0.128. The van der Waals surface area contributed by atoms with Crippen molar-refractivity contribution >= 4 is 28.1 Å². The lowest BCUT2D eigenvalue weighted by Crippen LogP contribution is -2.46. The average molecular weight is 296 g/mol. The Morgan fingerprint density at radius 2 is 2.18 bits per heavy atom. The van der Waals surface area contributed by atoms with Crippen LogP contribution in [0.5, 0.6) is 5.75 Å². The van der Waals surface area contributed by atoms with E-state index in [9.17, 15) is 4.79 Å². The van der Waals surface area contributed by atoms with Gasteiger partial charge < -0.3 is 14.6 Å². The molecule has 1 saturated heterocycles. The first-order valence-electron chi connectivity index (χ1n) is 7.94. The third-order valence-corrected chi connectivity index (χ3v) is 4.85. The molecule has 0 saturated carbocycles. The summed E-state index contributed by atoms with van der Waals surface area (Å²) in [5.41, 5.74) is 3.61. The molecular formula is C18H20N2O2. The third-order valence-electron chi connectivity index (χ3n) is 4.85. The summed E-state index contributed by atoms with van der Waals surface area (Å²) >= 11 is 0. The van der Waals surface area contributed by atoms with E-state index in [4.69, 9.17) is 4.74 Å².